The van der Waals surface area contributed by atoms with Gasteiger partial charge in [0.2, 0.25) is 0 Å². The van der Waals surface area contributed by atoms with Crippen molar-refractivity contribution >= 4 is 27.5 Å². The van der Waals surface area contributed by atoms with Crippen LogP contribution in [0.4, 0.5) is 0 Å². The van der Waals surface area contributed by atoms with E-state index in [0.717, 1.165) is 27.3 Å². The van der Waals surface area contributed by atoms with Crippen LogP contribution in [-0.2, 0) is 5.33 Å². The van der Waals surface area contributed by atoms with Crippen molar-refractivity contribution in [3.05, 3.63) is 60.2 Å². The molecule has 0 atom stereocenters. The van der Waals surface area contributed by atoms with Crippen molar-refractivity contribution in [3.8, 4) is 22.0 Å². The predicted molar refractivity (Wildman–Crippen MR) is 83.4 cm³/mol. The molecule has 0 N–H and O–H groups in total. The number of hydrogen-bond acceptors (Lipinski definition) is 3. The van der Waals surface area contributed by atoms with E-state index in [9.17, 15) is 0 Å². The highest BCUT2D eigenvalue weighted by atomic mass is 79.9. The Balaban J connectivity index is 1.92. The Labute approximate surface area is 124 Å². The molecule has 0 radical (unpaired) electrons. The van der Waals surface area contributed by atoms with E-state index < -0.39 is 0 Å². The Morgan fingerprint density at radius 3 is 2.32 bits per heavy atom. The summed E-state index contributed by atoms with van der Waals surface area (Å²) in [7, 11) is 0. The van der Waals surface area contributed by atoms with Crippen LogP contribution in [0.15, 0.2) is 54.6 Å². The molecule has 0 aliphatic carbocycles. The van der Waals surface area contributed by atoms with Crippen LogP contribution in [0.5, 0.6) is 0 Å². The van der Waals surface area contributed by atoms with E-state index in [4.69, 9.17) is 0 Å². The third-order valence-electron chi connectivity index (χ3n) is 2.81. The molecule has 3 rings (SSSR count). The summed E-state index contributed by atoms with van der Waals surface area (Å²) in [4.78, 5) is 4.60. The minimum Gasteiger partial charge on any atom is -0.215 e. The van der Waals surface area contributed by atoms with Gasteiger partial charge in [-0.2, -0.15) is 4.37 Å². The Bertz CT molecular complexity index is 662. The molecule has 1 heterocycles. The Kier molecular flexibility index (Phi) is 3.71. The molecule has 2 aromatic carbocycles. The highest BCUT2D eigenvalue weighted by Gasteiger charge is 2.07. The third-order valence-corrected chi connectivity index (χ3v) is 4.22. The first-order valence-corrected chi connectivity index (χ1v) is 7.81. The van der Waals surface area contributed by atoms with Crippen LogP contribution in [0.2, 0.25) is 0 Å². The molecule has 0 saturated carbocycles. The van der Waals surface area contributed by atoms with Gasteiger partial charge in [-0.1, -0.05) is 70.5 Å². The van der Waals surface area contributed by atoms with Gasteiger partial charge in [0.15, 0.2) is 5.82 Å². The lowest BCUT2D eigenvalue weighted by Gasteiger charge is -1.97. The molecule has 0 aliphatic rings. The van der Waals surface area contributed by atoms with Gasteiger partial charge >= 0.3 is 0 Å². The number of nitrogens with zero attached hydrogens (tertiary/aromatic N) is 2. The monoisotopic (exact) mass is 330 g/mol. The molecule has 0 saturated heterocycles. The minimum atomic E-state index is 0.796. The number of rotatable bonds is 3. The van der Waals surface area contributed by atoms with Gasteiger partial charge in [-0.05, 0) is 17.1 Å². The van der Waals surface area contributed by atoms with Crippen molar-refractivity contribution in [3.63, 3.8) is 0 Å². The molecule has 1 aromatic heterocycles. The lowest BCUT2D eigenvalue weighted by molar-refractivity contribution is 1.31. The fraction of sp³-hybridized carbons (Fsp3) is 0.0667. The fourth-order valence-electron chi connectivity index (χ4n) is 1.78. The van der Waals surface area contributed by atoms with Gasteiger partial charge in [0, 0.05) is 16.5 Å². The van der Waals surface area contributed by atoms with Crippen LogP contribution < -0.4 is 0 Å². The number of benzene rings is 2. The normalized spacial score (nSPS) is 10.6. The van der Waals surface area contributed by atoms with Gasteiger partial charge in [-0.3, -0.25) is 0 Å². The van der Waals surface area contributed by atoms with Crippen molar-refractivity contribution in [1.29, 1.82) is 0 Å². The second-order valence-corrected chi connectivity index (χ2v) is 5.43. The maximum atomic E-state index is 4.60. The van der Waals surface area contributed by atoms with Gasteiger partial charge in [-0.25, -0.2) is 4.98 Å². The van der Waals surface area contributed by atoms with E-state index in [1.54, 1.807) is 0 Å². The zero-order valence-electron chi connectivity index (χ0n) is 10.1. The molecule has 19 heavy (non-hydrogen) atoms. The SMILES string of the molecule is BrCc1ccc(-c2nsc(-c3ccccc3)n2)cc1. The summed E-state index contributed by atoms with van der Waals surface area (Å²) >= 11 is 4.88. The van der Waals surface area contributed by atoms with Crippen LogP contribution in [-0.4, -0.2) is 9.36 Å². The van der Waals surface area contributed by atoms with Crippen LogP contribution in [0.3, 0.4) is 0 Å². The standard InChI is InChI=1S/C15H11BrN2S/c16-10-11-6-8-12(9-7-11)14-17-15(19-18-14)13-4-2-1-3-5-13/h1-9H,10H2. The van der Waals surface area contributed by atoms with Crippen LogP contribution in [0.25, 0.3) is 22.0 Å². The first-order valence-electron chi connectivity index (χ1n) is 5.91. The molecule has 3 aromatic rings. The first-order chi connectivity index (χ1) is 9.36. The summed E-state index contributed by atoms with van der Waals surface area (Å²) in [6.45, 7) is 0. The van der Waals surface area contributed by atoms with Gasteiger partial charge in [0.25, 0.3) is 0 Å². The summed E-state index contributed by atoms with van der Waals surface area (Å²) in [5, 5.41) is 1.83. The van der Waals surface area contributed by atoms with Crippen molar-refractivity contribution in [2.75, 3.05) is 0 Å². The van der Waals surface area contributed by atoms with E-state index in [0.29, 0.717) is 0 Å². The average molecular weight is 331 g/mol. The van der Waals surface area contributed by atoms with E-state index in [1.807, 2.05) is 18.2 Å². The molecule has 0 amide bonds. The zero-order valence-corrected chi connectivity index (χ0v) is 12.5. The molecular formula is C15H11BrN2S. The highest BCUT2D eigenvalue weighted by molar-refractivity contribution is 9.08. The van der Waals surface area contributed by atoms with E-state index in [-0.39, 0.29) is 0 Å². The molecule has 94 valence electrons. The fourth-order valence-corrected chi connectivity index (χ4v) is 2.84. The Morgan fingerprint density at radius 1 is 0.895 bits per heavy atom. The first kappa shape index (κ1) is 12.5. The molecular weight excluding hydrogens is 320 g/mol. The van der Waals surface area contributed by atoms with Crippen molar-refractivity contribution in [2.45, 2.75) is 5.33 Å². The maximum absolute atomic E-state index is 4.60. The van der Waals surface area contributed by atoms with Gasteiger partial charge in [0.1, 0.15) is 5.01 Å². The van der Waals surface area contributed by atoms with Crippen LogP contribution >= 0.6 is 27.5 Å². The van der Waals surface area contributed by atoms with Crippen molar-refractivity contribution < 1.29 is 0 Å². The number of aromatic nitrogens is 2. The molecule has 0 aliphatic heterocycles. The molecule has 0 spiro atoms. The smallest absolute Gasteiger partial charge is 0.173 e. The summed E-state index contributed by atoms with van der Waals surface area (Å²) in [6, 6.07) is 18.4. The minimum absolute atomic E-state index is 0.796. The van der Waals surface area contributed by atoms with Gasteiger partial charge in [0.05, 0.1) is 0 Å². The lowest BCUT2D eigenvalue weighted by atomic mass is 10.1. The summed E-state index contributed by atoms with van der Waals surface area (Å²) < 4.78 is 4.44. The van der Waals surface area contributed by atoms with Crippen molar-refractivity contribution in [2.24, 2.45) is 0 Å². The molecule has 2 nitrogen and oxygen atoms in total. The lowest BCUT2D eigenvalue weighted by Crippen LogP contribution is -1.82. The van der Waals surface area contributed by atoms with Crippen molar-refractivity contribution in [1.82, 2.24) is 9.36 Å². The molecule has 0 fully saturated rings. The van der Waals surface area contributed by atoms with Crippen LogP contribution in [0, 0.1) is 0 Å². The topological polar surface area (TPSA) is 25.8 Å². The largest absolute Gasteiger partial charge is 0.215 e. The van der Waals surface area contributed by atoms with E-state index in [1.165, 1.54) is 17.1 Å². The number of hydrogen-bond donors (Lipinski definition) is 0. The average Bonchev–Trinajstić information content (AvgIpc) is 2.98. The Hall–Kier alpha value is -1.52. The Morgan fingerprint density at radius 2 is 1.63 bits per heavy atom. The summed E-state index contributed by atoms with van der Waals surface area (Å²) in [6.07, 6.45) is 0. The van der Waals surface area contributed by atoms with Crippen LogP contribution in [0.1, 0.15) is 5.56 Å². The summed E-state index contributed by atoms with van der Waals surface area (Å²) in [5.74, 6) is 0.796. The molecule has 0 bridgehead atoms. The second-order valence-electron chi connectivity index (χ2n) is 4.12. The summed E-state index contributed by atoms with van der Waals surface area (Å²) in [5.41, 5.74) is 3.42. The predicted octanol–water partition coefficient (Wildman–Crippen LogP) is 4.77. The van der Waals surface area contributed by atoms with E-state index >= 15 is 0 Å². The highest BCUT2D eigenvalue weighted by Crippen LogP contribution is 2.25. The second kappa shape index (κ2) is 5.63. The zero-order chi connectivity index (χ0) is 13.1. The molecule has 4 heteroatoms. The quantitative estimate of drug-likeness (QED) is 0.646. The number of halogens is 1. The number of alkyl halides is 1. The molecule has 0 unspecified atom stereocenters. The van der Waals surface area contributed by atoms with Gasteiger partial charge < -0.3 is 0 Å². The third kappa shape index (κ3) is 2.74. The van der Waals surface area contributed by atoms with E-state index in [2.05, 4.69) is 61.7 Å². The van der Waals surface area contributed by atoms with Gasteiger partial charge in [-0.15, -0.1) is 0 Å². The maximum Gasteiger partial charge on any atom is 0.173 e.